The number of hydrogen-bond acceptors (Lipinski definition) is 2. The van der Waals surface area contributed by atoms with Gasteiger partial charge in [0.2, 0.25) is 11.8 Å². The van der Waals surface area contributed by atoms with Crippen LogP contribution in [0.4, 0.5) is 0 Å². The first-order chi connectivity index (χ1) is 9.42. The van der Waals surface area contributed by atoms with Crippen molar-refractivity contribution in [3.8, 4) is 0 Å². The van der Waals surface area contributed by atoms with Gasteiger partial charge in [0.1, 0.15) is 11.6 Å². The molecule has 4 nitrogen and oxygen atoms in total. The Balaban J connectivity index is 3.10. The van der Waals surface area contributed by atoms with Gasteiger partial charge in [-0.05, 0) is 32.1 Å². The first-order valence-electron chi connectivity index (χ1n) is 7.66. The smallest absolute Gasteiger partial charge is 0.246 e. The van der Waals surface area contributed by atoms with Crippen molar-refractivity contribution >= 4 is 11.8 Å². The third-order valence-corrected chi connectivity index (χ3v) is 4.21. The van der Waals surface area contributed by atoms with Crippen LogP contribution in [-0.4, -0.2) is 34.8 Å². The van der Waals surface area contributed by atoms with Gasteiger partial charge >= 0.3 is 0 Å². The van der Waals surface area contributed by atoms with Crippen molar-refractivity contribution in [2.45, 2.75) is 65.5 Å². The molecule has 1 unspecified atom stereocenters. The highest BCUT2D eigenvalue weighted by Crippen LogP contribution is 2.30. The predicted octanol–water partition coefficient (Wildman–Crippen LogP) is 2.49. The molecule has 0 aromatic carbocycles. The third-order valence-electron chi connectivity index (χ3n) is 4.21. The quantitative estimate of drug-likeness (QED) is 0.760. The maximum absolute atomic E-state index is 12.7. The Kier molecular flexibility index (Phi) is 5.78. The molecule has 0 bridgehead atoms. The minimum atomic E-state index is -0.690. The molecule has 1 aliphatic rings. The van der Waals surface area contributed by atoms with Gasteiger partial charge in [-0.25, -0.2) is 0 Å². The fraction of sp³-hybridized carbons (Fsp3) is 0.750. The van der Waals surface area contributed by atoms with Crippen molar-refractivity contribution in [1.82, 2.24) is 10.2 Å². The summed E-state index contributed by atoms with van der Waals surface area (Å²) in [5.41, 5.74) is -0.690. The highest BCUT2D eigenvalue weighted by molar-refractivity contribution is 5.99. The van der Waals surface area contributed by atoms with E-state index in [4.69, 9.17) is 0 Å². The summed E-state index contributed by atoms with van der Waals surface area (Å²) in [5.74, 6) is 0.431. The fourth-order valence-corrected chi connectivity index (χ4v) is 2.94. The van der Waals surface area contributed by atoms with Crippen LogP contribution in [0.15, 0.2) is 12.2 Å². The van der Waals surface area contributed by atoms with Crippen molar-refractivity contribution in [1.29, 1.82) is 0 Å². The summed E-state index contributed by atoms with van der Waals surface area (Å²) < 4.78 is 0. The molecular formula is C16H28N2O2. The van der Waals surface area contributed by atoms with Crippen LogP contribution in [0.25, 0.3) is 0 Å². The lowest BCUT2D eigenvalue weighted by atomic mass is 9.84. The molecule has 0 aromatic rings. The van der Waals surface area contributed by atoms with Gasteiger partial charge in [-0.15, -0.1) is 0 Å². The molecule has 0 aromatic heterocycles. The van der Waals surface area contributed by atoms with Crippen LogP contribution in [0, 0.1) is 5.92 Å². The van der Waals surface area contributed by atoms with E-state index in [0.717, 1.165) is 0 Å². The van der Waals surface area contributed by atoms with Gasteiger partial charge in [0, 0.05) is 6.54 Å². The molecule has 2 amide bonds. The number of nitrogens with one attached hydrogen (secondary N) is 1. The first-order valence-corrected chi connectivity index (χ1v) is 7.66. The molecule has 1 heterocycles. The molecule has 1 saturated heterocycles. The van der Waals surface area contributed by atoms with E-state index in [-0.39, 0.29) is 17.9 Å². The van der Waals surface area contributed by atoms with Crippen molar-refractivity contribution in [2.24, 2.45) is 5.92 Å². The van der Waals surface area contributed by atoms with Crippen LogP contribution in [0.1, 0.15) is 53.9 Å². The second-order valence-corrected chi connectivity index (χ2v) is 5.91. The van der Waals surface area contributed by atoms with Gasteiger partial charge in [-0.1, -0.05) is 39.8 Å². The van der Waals surface area contributed by atoms with Crippen molar-refractivity contribution < 1.29 is 9.59 Å². The van der Waals surface area contributed by atoms with E-state index in [9.17, 15) is 9.59 Å². The van der Waals surface area contributed by atoms with E-state index in [1.165, 1.54) is 0 Å². The van der Waals surface area contributed by atoms with E-state index < -0.39 is 5.54 Å². The molecule has 4 heteroatoms. The normalized spacial score (nSPS) is 22.7. The summed E-state index contributed by atoms with van der Waals surface area (Å²) in [6.45, 7) is 10.5. The lowest BCUT2D eigenvalue weighted by Crippen LogP contribution is -2.70. The molecule has 0 aliphatic carbocycles. The first kappa shape index (κ1) is 16.7. The zero-order valence-electron chi connectivity index (χ0n) is 13.4. The van der Waals surface area contributed by atoms with Crippen LogP contribution in [0.3, 0.4) is 0 Å². The van der Waals surface area contributed by atoms with Crippen molar-refractivity contribution in [3.05, 3.63) is 12.2 Å². The van der Waals surface area contributed by atoms with Gasteiger partial charge in [0.15, 0.2) is 0 Å². The zero-order valence-corrected chi connectivity index (χ0v) is 13.4. The predicted molar refractivity (Wildman–Crippen MR) is 81.2 cm³/mol. The average molecular weight is 280 g/mol. The molecule has 1 N–H and O–H groups in total. The van der Waals surface area contributed by atoms with Crippen molar-refractivity contribution in [2.75, 3.05) is 6.54 Å². The van der Waals surface area contributed by atoms with Gasteiger partial charge in [0.25, 0.3) is 0 Å². The second kappa shape index (κ2) is 6.91. The fourth-order valence-electron chi connectivity index (χ4n) is 2.94. The number of amides is 2. The zero-order chi connectivity index (χ0) is 15.3. The molecule has 1 fully saturated rings. The van der Waals surface area contributed by atoms with Crippen LogP contribution < -0.4 is 5.32 Å². The number of hydrogen-bond donors (Lipinski definition) is 1. The average Bonchev–Trinajstić information content (AvgIpc) is 2.40. The summed E-state index contributed by atoms with van der Waals surface area (Å²) in [6, 6.07) is -0.376. The number of carbonyl (C=O) groups excluding carboxylic acids is 2. The van der Waals surface area contributed by atoms with Crippen LogP contribution in [0.2, 0.25) is 0 Å². The molecule has 1 aliphatic heterocycles. The SMILES string of the molecule is C/C=C/CN1C(=O)C(CC(C)C)NC(=O)C1(CC)CC. The number of rotatable bonds is 6. The number of piperazine rings is 1. The molecular weight excluding hydrogens is 252 g/mol. The van der Waals surface area contributed by atoms with Crippen LogP contribution >= 0.6 is 0 Å². The monoisotopic (exact) mass is 280 g/mol. The molecule has 1 atom stereocenters. The molecule has 0 spiro atoms. The Morgan fingerprint density at radius 3 is 2.35 bits per heavy atom. The maximum Gasteiger partial charge on any atom is 0.246 e. The lowest BCUT2D eigenvalue weighted by molar-refractivity contribution is -0.157. The van der Waals surface area contributed by atoms with Gasteiger partial charge < -0.3 is 10.2 Å². The third kappa shape index (κ3) is 3.05. The Morgan fingerprint density at radius 1 is 1.30 bits per heavy atom. The summed E-state index contributed by atoms with van der Waals surface area (Å²) in [4.78, 5) is 27.1. The Hall–Kier alpha value is -1.32. The van der Waals surface area contributed by atoms with E-state index in [1.807, 2.05) is 32.9 Å². The standard InChI is InChI=1S/C16H28N2O2/c1-6-9-10-18-14(19)13(11-12(4)5)17-15(20)16(18,7-2)8-3/h6,9,12-13H,7-8,10-11H2,1-5H3,(H,17,20)/b9-6+. The minimum absolute atomic E-state index is 0.00254. The number of carbonyl (C=O) groups is 2. The molecule has 1 rings (SSSR count). The highest BCUT2D eigenvalue weighted by Gasteiger charge is 2.49. The summed E-state index contributed by atoms with van der Waals surface area (Å²) in [7, 11) is 0. The van der Waals surface area contributed by atoms with E-state index in [0.29, 0.717) is 31.7 Å². The largest absolute Gasteiger partial charge is 0.342 e. The van der Waals surface area contributed by atoms with E-state index >= 15 is 0 Å². The van der Waals surface area contributed by atoms with Crippen LogP contribution in [0.5, 0.6) is 0 Å². The Morgan fingerprint density at radius 2 is 1.90 bits per heavy atom. The summed E-state index contributed by atoms with van der Waals surface area (Å²) in [6.07, 6.45) is 5.86. The Labute approximate surface area is 122 Å². The summed E-state index contributed by atoms with van der Waals surface area (Å²) in [5, 5.41) is 2.94. The van der Waals surface area contributed by atoms with Gasteiger partial charge in [0.05, 0.1) is 0 Å². The van der Waals surface area contributed by atoms with Crippen molar-refractivity contribution in [3.63, 3.8) is 0 Å². The molecule has 114 valence electrons. The van der Waals surface area contributed by atoms with Gasteiger partial charge in [-0.2, -0.15) is 0 Å². The maximum atomic E-state index is 12.7. The highest BCUT2D eigenvalue weighted by atomic mass is 16.2. The summed E-state index contributed by atoms with van der Waals surface area (Å²) >= 11 is 0. The van der Waals surface area contributed by atoms with E-state index in [1.54, 1.807) is 4.90 Å². The molecule has 0 radical (unpaired) electrons. The number of allylic oxidation sites excluding steroid dienone is 1. The second-order valence-electron chi connectivity index (χ2n) is 5.91. The molecule has 20 heavy (non-hydrogen) atoms. The molecule has 0 saturated carbocycles. The minimum Gasteiger partial charge on any atom is -0.342 e. The lowest BCUT2D eigenvalue weighted by Gasteiger charge is -2.47. The number of nitrogens with zero attached hydrogens (tertiary/aromatic N) is 1. The topological polar surface area (TPSA) is 49.4 Å². The Bertz CT molecular complexity index is 384. The van der Waals surface area contributed by atoms with Gasteiger partial charge in [-0.3, -0.25) is 9.59 Å². The van der Waals surface area contributed by atoms with Crippen LogP contribution in [-0.2, 0) is 9.59 Å². The van der Waals surface area contributed by atoms with E-state index in [2.05, 4.69) is 19.2 Å².